The Hall–Kier alpha value is -2.13. The van der Waals surface area contributed by atoms with Gasteiger partial charge in [0.1, 0.15) is 26.2 Å². The fourth-order valence-corrected chi connectivity index (χ4v) is 4.32. The van der Waals surface area contributed by atoms with E-state index in [0.717, 1.165) is 36.9 Å². The van der Waals surface area contributed by atoms with Crippen LogP contribution in [0.5, 0.6) is 0 Å². The Kier molecular flexibility index (Phi) is 7.71. The minimum Gasteiger partial charge on any atom is -0.348 e. The second-order valence-electron chi connectivity index (χ2n) is 8.35. The van der Waals surface area contributed by atoms with Crippen molar-refractivity contribution in [1.29, 1.82) is 0 Å². The predicted octanol–water partition coefficient (Wildman–Crippen LogP) is -0.124. The van der Waals surface area contributed by atoms with Crippen LogP contribution in [0.25, 0.3) is 0 Å². The van der Waals surface area contributed by atoms with Crippen molar-refractivity contribution in [3.63, 3.8) is 0 Å². The van der Waals surface area contributed by atoms with E-state index in [-0.39, 0.29) is 18.1 Å². The Balaban J connectivity index is 1.40. The molecule has 1 saturated carbocycles. The average Bonchev–Trinajstić information content (AvgIpc) is 2.70. The first-order valence-electron chi connectivity index (χ1n) is 10.7. The van der Waals surface area contributed by atoms with Gasteiger partial charge in [-0.3, -0.25) is 9.59 Å². The topological polar surface area (TPSA) is 67.1 Å². The molecule has 1 heterocycles. The van der Waals surface area contributed by atoms with Crippen LogP contribution < -0.4 is 20.4 Å². The van der Waals surface area contributed by atoms with Gasteiger partial charge in [-0.2, -0.15) is 13.2 Å². The van der Waals surface area contributed by atoms with Gasteiger partial charge < -0.3 is 20.4 Å². The van der Waals surface area contributed by atoms with Gasteiger partial charge in [0.25, 0.3) is 11.8 Å². The summed E-state index contributed by atoms with van der Waals surface area (Å²) in [5.74, 6) is -0.345. The number of quaternary nitrogens is 2. The lowest BCUT2D eigenvalue weighted by molar-refractivity contribution is -1.00. The first-order valence-corrected chi connectivity index (χ1v) is 10.7. The predicted molar refractivity (Wildman–Crippen MR) is 106 cm³/mol. The van der Waals surface area contributed by atoms with Crippen molar-refractivity contribution in [2.45, 2.75) is 44.3 Å². The molecule has 1 aliphatic heterocycles. The second-order valence-corrected chi connectivity index (χ2v) is 8.35. The van der Waals surface area contributed by atoms with Crippen LogP contribution in [0.3, 0.4) is 0 Å². The van der Waals surface area contributed by atoms with Crippen molar-refractivity contribution in [3.8, 4) is 0 Å². The van der Waals surface area contributed by atoms with E-state index < -0.39 is 17.6 Å². The van der Waals surface area contributed by atoms with Crippen LogP contribution >= 0.6 is 0 Å². The van der Waals surface area contributed by atoms with Crippen LogP contribution in [0, 0.1) is 0 Å². The molecule has 3 rings (SSSR count). The van der Waals surface area contributed by atoms with Crippen molar-refractivity contribution in [1.82, 2.24) is 5.32 Å². The molecule has 1 aromatic carbocycles. The Labute approximate surface area is 174 Å². The van der Waals surface area contributed by atoms with Gasteiger partial charge in [0.15, 0.2) is 13.1 Å². The van der Waals surface area contributed by atoms with Gasteiger partial charge in [-0.25, -0.2) is 0 Å². The van der Waals surface area contributed by atoms with Crippen LogP contribution in [0.15, 0.2) is 24.3 Å². The molecule has 2 aliphatic rings. The molecule has 2 fully saturated rings. The fraction of sp³-hybridized carbons (Fsp3) is 0.619. The highest BCUT2D eigenvalue weighted by Gasteiger charge is 2.34. The highest BCUT2D eigenvalue weighted by atomic mass is 19.4. The van der Waals surface area contributed by atoms with E-state index in [9.17, 15) is 22.8 Å². The van der Waals surface area contributed by atoms with Gasteiger partial charge in [0, 0.05) is 6.04 Å². The lowest BCUT2D eigenvalue weighted by Crippen LogP contribution is -3.28. The largest absolute Gasteiger partial charge is 0.418 e. The zero-order chi connectivity index (χ0) is 21.6. The zero-order valence-electron chi connectivity index (χ0n) is 17.1. The molecule has 6 nitrogen and oxygen atoms in total. The van der Waals surface area contributed by atoms with Crippen molar-refractivity contribution >= 4 is 17.5 Å². The van der Waals surface area contributed by atoms with Gasteiger partial charge in [0.05, 0.1) is 11.3 Å². The van der Waals surface area contributed by atoms with Crippen molar-refractivity contribution in [2.24, 2.45) is 0 Å². The van der Waals surface area contributed by atoms with Gasteiger partial charge in [-0.05, 0) is 25.0 Å². The normalized spacial score (nSPS) is 23.0. The second kappa shape index (κ2) is 10.3. The maximum absolute atomic E-state index is 13.1. The Bertz CT molecular complexity index is 727. The minimum absolute atomic E-state index is 0.0850. The Morgan fingerprint density at radius 3 is 2.07 bits per heavy atom. The molecule has 0 bridgehead atoms. The first-order chi connectivity index (χ1) is 14.3. The minimum atomic E-state index is -4.51. The van der Waals surface area contributed by atoms with E-state index in [1.807, 2.05) is 0 Å². The third kappa shape index (κ3) is 6.70. The summed E-state index contributed by atoms with van der Waals surface area (Å²) in [5.41, 5.74) is -1.05. The molecule has 0 aromatic heterocycles. The summed E-state index contributed by atoms with van der Waals surface area (Å²) in [4.78, 5) is 26.7. The number of amides is 2. The van der Waals surface area contributed by atoms with Crippen LogP contribution in [0.2, 0.25) is 0 Å². The number of hydrogen-bond acceptors (Lipinski definition) is 2. The van der Waals surface area contributed by atoms with Crippen LogP contribution in [-0.2, 0) is 15.8 Å². The monoisotopic (exact) mass is 428 g/mol. The van der Waals surface area contributed by atoms with E-state index in [2.05, 4.69) is 10.6 Å². The summed E-state index contributed by atoms with van der Waals surface area (Å²) in [5, 5.41) is 5.53. The molecule has 4 N–H and O–H groups in total. The van der Waals surface area contributed by atoms with Crippen molar-refractivity contribution in [3.05, 3.63) is 29.8 Å². The number of carbonyl (C=O) groups is 2. The SMILES string of the molecule is O=C(C[NH+]1CC[NH+](CC(=O)NC2CCCCC2)CC1)Nc1ccccc1C(F)(F)F. The molecule has 166 valence electrons. The molecule has 1 aromatic rings. The third-order valence-electron chi connectivity index (χ3n) is 5.96. The van der Waals surface area contributed by atoms with Gasteiger partial charge in [-0.15, -0.1) is 0 Å². The van der Waals surface area contributed by atoms with Gasteiger partial charge >= 0.3 is 6.18 Å². The molecule has 0 spiro atoms. The van der Waals surface area contributed by atoms with E-state index in [0.29, 0.717) is 25.7 Å². The highest BCUT2D eigenvalue weighted by Crippen LogP contribution is 2.34. The standard InChI is InChI=1S/C21H29F3N4O2/c22-21(23,24)17-8-4-5-9-18(17)26-20(30)15-28-12-10-27(11-13-28)14-19(29)25-16-6-2-1-3-7-16/h4-5,8-9,16H,1-3,6-7,10-15H2,(H,25,29)(H,26,30)/p+2. The van der Waals surface area contributed by atoms with E-state index in [1.54, 1.807) is 0 Å². The number of benzene rings is 1. The number of piperazine rings is 1. The van der Waals surface area contributed by atoms with Gasteiger partial charge in [-0.1, -0.05) is 31.4 Å². The summed E-state index contributed by atoms with van der Waals surface area (Å²) in [6.07, 6.45) is 1.21. The molecule has 0 atom stereocenters. The molecule has 0 radical (unpaired) electrons. The molecule has 2 amide bonds. The number of anilines is 1. The first kappa shape index (κ1) is 22.6. The van der Waals surface area contributed by atoms with E-state index in [4.69, 9.17) is 0 Å². The number of alkyl halides is 3. The maximum Gasteiger partial charge on any atom is 0.418 e. The quantitative estimate of drug-likeness (QED) is 0.510. The van der Waals surface area contributed by atoms with E-state index in [1.165, 1.54) is 42.4 Å². The molecule has 9 heteroatoms. The average molecular weight is 428 g/mol. The molecular weight excluding hydrogens is 397 g/mol. The molecule has 0 unspecified atom stereocenters. The number of nitrogens with one attached hydrogen (secondary N) is 4. The molecule has 1 aliphatic carbocycles. The summed E-state index contributed by atoms with van der Waals surface area (Å²) in [6, 6.07) is 5.31. The number of rotatable bonds is 6. The molecular formula is C21H31F3N4O2+2. The summed E-state index contributed by atoms with van der Waals surface area (Å²) in [6.45, 7) is 3.50. The summed E-state index contributed by atoms with van der Waals surface area (Å²) < 4.78 is 39.2. The summed E-state index contributed by atoms with van der Waals surface area (Å²) >= 11 is 0. The Morgan fingerprint density at radius 1 is 0.900 bits per heavy atom. The number of hydrogen-bond donors (Lipinski definition) is 4. The van der Waals surface area contributed by atoms with Crippen molar-refractivity contribution in [2.75, 3.05) is 44.6 Å². The third-order valence-corrected chi connectivity index (χ3v) is 5.96. The number of halogens is 3. The lowest BCUT2D eigenvalue weighted by Gasteiger charge is -2.30. The molecule has 30 heavy (non-hydrogen) atoms. The molecule has 1 saturated heterocycles. The Morgan fingerprint density at radius 2 is 1.47 bits per heavy atom. The van der Waals surface area contributed by atoms with Crippen LogP contribution in [0.4, 0.5) is 18.9 Å². The number of carbonyl (C=O) groups excluding carboxylic acids is 2. The van der Waals surface area contributed by atoms with Crippen LogP contribution in [-0.4, -0.2) is 57.1 Å². The maximum atomic E-state index is 13.1. The lowest BCUT2D eigenvalue weighted by atomic mass is 9.95. The smallest absolute Gasteiger partial charge is 0.348 e. The van der Waals surface area contributed by atoms with Crippen molar-refractivity contribution < 1.29 is 32.6 Å². The zero-order valence-corrected chi connectivity index (χ0v) is 17.1. The van der Waals surface area contributed by atoms with E-state index >= 15 is 0 Å². The van der Waals surface area contributed by atoms with Gasteiger partial charge in [0.2, 0.25) is 0 Å². The summed E-state index contributed by atoms with van der Waals surface area (Å²) in [7, 11) is 0. The van der Waals surface area contributed by atoms with Crippen LogP contribution in [0.1, 0.15) is 37.7 Å². The highest BCUT2D eigenvalue weighted by molar-refractivity contribution is 5.92. The number of para-hydroxylation sites is 1. The fourth-order valence-electron chi connectivity index (χ4n) is 4.32.